The van der Waals surface area contributed by atoms with Crippen molar-refractivity contribution in [3.8, 4) is 5.75 Å². The van der Waals surface area contributed by atoms with Gasteiger partial charge >= 0.3 is 0 Å². The zero-order valence-corrected chi connectivity index (χ0v) is 14.2. The van der Waals surface area contributed by atoms with Crippen LogP contribution in [0, 0.1) is 6.92 Å². The van der Waals surface area contributed by atoms with Crippen molar-refractivity contribution in [1.82, 2.24) is 14.7 Å². The van der Waals surface area contributed by atoms with Gasteiger partial charge in [-0.2, -0.15) is 5.10 Å². The van der Waals surface area contributed by atoms with Gasteiger partial charge in [-0.15, -0.1) is 0 Å². The molecule has 1 fully saturated rings. The molecule has 0 unspecified atom stereocenters. The molecule has 1 aromatic heterocycles. The summed E-state index contributed by atoms with van der Waals surface area (Å²) in [5.74, 6) is 0.675. The Hall–Kier alpha value is -1.86. The number of hydrogen-bond donors (Lipinski definition) is 0. The maximum absolute atomic E-state index is 12.4. The highest BCUT2D eigenvalue weighted by Gasteiger charge is 2.29. The molecule has 1 aliphatic rings. The molecule has 0 atom stereocenters. The first-order chi connectivity index (χ1) is 11.0. The summed E-state index contributed by atoms with van der Waals surface area (Å²) in [4.78, 5) is 2.45. The first kappa shape index (κ1) is 16.0. The van der Waals surface area contributed by atoms with Crippen LogP contribution in [-0.2, 0) is 9.84 Å². The average molecular weight is 335 g/mol. The minimum absolute atomic E-state index is 0.116. The summed E-state index contributed by atoms with van der Waals surface area (Å²) in [6.45, 7) is 4.24. The van der Waals surface area contributed by atoms with Crippen LogP contribution < -0.4 is 4.74 Å². The van der Waals surface area contributed by atoms with E-state index in [-0.39, 0.29) is 5.75 Å². The highest BCUT2D eigenvalue weighted by molar-refractivity contribution is 7.91. The van der Waals surface area contributed by atoms with Gasteiger partial charge in [0.1, 0.15) is 5.75 Å². The van der Waals surface area contributed by atoms with Crippen molar-refractivity contribution in [2.24, 2.45) is 0 Å². The Kier molecular flexibility index (Phi) is 4.41. The lowest BCUT2D eigenvalue weighted by Crippen LogP contribution is -2.49. The van der Waals surface area contributed by atoms with Crippen molar-refractivity contribution in [3.63, 3.8) is 0 Å². The van der Waals surface area contributed by atoms with Crippen LogP contribution >= 0.6 is 0 Å². The topological polar surface area (TPSA) is 64.4 Å². The van der Waals surface area contributed by atoms with E-state index in [1.54, 1.807) is 24.3 Å². The highest BCUT2D eigenvalue weighted by atomic mass is 32.2. The molecule has 0 amide bonds. The van der Waals surface area contributed by atoms with Crippen molar-refractivity contribution in [1.29, 1.82) is 0 Å². The van der Waals surface area contributed by atoms with Gasteiger partial charge in [-0.05, 0) is 30.7 Å². The smallest absolute Gasteiger partial charge is 0.179 e. The van der Waals surface area contributed by atoms with Crippen molar-refractivity contribution in [3.05, 3.63) is 42.2 Å². The minimum Gasteiger partial charge on any atom is -0.497 e. The lowest BCUT2D eigenvalue weighted by atomic mass is 10.1. The van der Waals surface area contributed by atoms with E-state index in [1.165, 1.54) is 7.11 Å². The normalized spacial score (nSPS) is 16.3. The third-order valence-electron chi connectivity index (χ3n) is 4.12. The zero-order valence-electron chi connectivity index (χ0n) is 13.3. The minimum atomic E-state index is -3.29. The van der Waals surface area contributed by atoms with Crippen molar-refractivity contribution in [2.45, 2.75) is 17.9 Å². The second-order valence-corrected chi connectivity index (χ2v) is 8.02. The van der Waals surface area contributed by atoms with E-state index in [0.717, 1.165) is 18.7 Å². The molecule has 1 aromatic carbocycles. The van der Waals surface area contributed by atoms with Crippen molar-refractivity contribution >= 4 is 9.84 Å². The fraction of sp³-hybridized carbons (Fsp3) is 0.438. The molecule has 0 saturated carbocycles. The predicted octanol–water partition coefficient (Wildman–Crippen LogP) is 1.53. The molecule has 0 aliphatic carbocycles. The Balaban J connectivity index is 1.54. The molecule has 23 heavy (non-hydrogen) atoms. The Labute approximate surface area is 136 Å². The van der Waals surface area contributed by atoms with Crippen molar-refractivity contribution < 1.29 is 13.2 Å². The van der Waals surface area contributed by atoms with E-state index in [2.05, 4.69) is 10.00 Å². The Bertz CT molecular complexity index is 779. The Morgan fingerprint density at radius 1 is 1.35 bits per heavy atom. The fourth-order valence-electron chi connectivity index (χ4n) is 2.69. The van der Waals surface area contributed by atoms with Crippen molar-refractivity contribution in [2.75, 3.05) is 32.5 Å². The fourth-order valence-corrected chi connectivity index (χ4v) is 4.00. The first-order valence-corrected chi connectivity index (χ1v) is 9.23. The molecular formula is C16H21N3O3S. The molecule has 2 aromatic rings. The highest BCUT2D eigenvalue weighted by Crippen LogP contribution is 2.22. The van der Waals surface area contributed by atoms with Gasteiger partial charge in [-0.1, -0.05) is 6.07 Å². The summed E-state index contributed by atoms with van der Waals surface area (Å²) in [5.41, 5.74) is 1.14. The SMILES string of the molecule is COc1cccc(S(=O)(=O)CCN2CC(n3cc(C)cn3)C2)c1. The number of aromatic nitrogens is 2. The lowest BCUT2D eigenvalue weighted by Gasteiger charge is -2.39. The maximum atomic E-state index is 12.4. The molecule has 0 N–H and O–H groups in total. The molecule has 0 radical (unpaired) electrons. The molecule has 3 rings (SSSR count). The van der Waals surface area contributed by atoms with E-state index >= 15 is 0 Å². The summed E-state index contributed by atoms with van der Waals surface area (Å²) < 4.78 is 31.8. The van der Waals surface area contributed by atoms with E-state index in [0.29, 0.717) is 23.2 Å². The first-order valence-electron chi connectivity index (χ1n) is 7.58. The van der Waals surface area contributed by atoms with E-state index < -0.39 is 9.84 Å². The van der Waals surface area contributed by atoms with Crippen LogP contribution in [0.25, 0.3) is 0 Å². The third-order valence-corrected chi connectivity index (χ3v) is 5.81. The van der Waals surface area contributed by atoms with Crippen LogP contribution in [0.2, 0.25) is 0 Å². The zero-order chi connectivity index (χ0) is 16.4. The Morgan fingerprint density at radius 2 is 2.13 bits per heavy atom. The number of hydrogen-bond acceptors (Lipinski definition) is 5. The van der Waals surface area contributed by atoms with E-state index in [1.807, 2.05) is 24.0 Å². The quantitative estimate of drug-likeness (QED) is 0.801. The summed E-state index contributed by atoms with van der Waals surface area (Å²) in [6.07, 6.45) is 3.87. The van der Waals surface area contributed by atoms with E-state index in [4.69, 9.17) is 4.74 Å². The molecule has 7 heteroatoms. The van der Waals surface area contributed by atoms with Crippen LogP contribution in [0.1, 0.15) is 11.6 Å². The van der Waals surface area contributed by atoms with Gasteiger partial charge in [0.2, 0.25) is 0 Å². The van der Waals surface area contributed by atoms with Crippen LogP contribution in [0.15, 0.2) is 41.6 Å². The molecule has 1 aliphatic heterocycles. The Morgan fingerprint density at radius 3 is 2.78 bits per heavy atom. The largest absolute Gasteiger partial charge is 0.497 e. The number of nitrogens with zero attached hydrogens (tertiary/aromatic N) is 3. The molecule has 2 heterocycles. The summed E-state index contributed by atoms with van der Waals surface area (Å²) in [6, 6.07) is 6.98. The predicted molar refractivity (Wildman–Crippen MR) is 87.5 cm³/mol. The number of ether oxygens (including phenoxy) is 1. The monoisotopic (exact) mass is 335 g/mol. The van der Waals surface area contributed by atoms with Gasteiger partial charge in [0.05, 0.1) is 30.0 Å². The molecule has 1 saturated heterocycles. The van der Waals surface area contributed by atoms with Crippen LogP contribution in [0.5, 0.6) is 5.75 Å². The van der Waals surface area contributed by atoms with Gasteiger partial charge in [0.25, 0.3) is 0 Å². The number of rotatable bonds is 6. The summed E-state index contributed by atoms with van der Waals surface area (Å²) in [5, 5.41) is 4.31. The van der Waals surface area contributed by atoms with Gasteiger partial charge in [0.15, 0.2) is 9.84 Å². The standard InChI is InChI=1S/C16H21N3O3S/c1-13-9-17-19(10-13)14-11-18(12-14)6-7-23(20,21)16-5-3-4-15(8-16)22-2/h3-5,8-10,14H,6-7,11-12H2,1-2H3. The maximum Gasteiger partial charge on any atom is 0.179 e. The summed E-state index contributed by atoms with van der Waals surface area (Å²) in [7, 11) is -1.76. The number of sulfone groups is 1. The molecule has 124 valence electrons. The van der Waals surface area contributed by atoms with Crippen LogP contribution in [0.3, 0.4) is 0 Å². The van der Waals surface area contributed by atoms with Crippen LogP contribution in [-0.4, -0.2) is 55.6 Å². The molecule has 0 spiro atoms. The van der Waals surface area contributed by atoms with Crippen LogP contribution in [0.4, 0.5) is 0 Å². The third kappa shape index (κ3) is 3.56. The number of aryl methyl sites for hydroxylation is 1. The lowest BCUT2D eigenvalue weighted by molar-refractivity contribution is 0.106. The average Bonchev–Trinajstić information content (AvgIpc) is 2.92. The summed E-state index contributed by atoms with van der Waals surface area (Å²) >= 11 is 0. The number of methoxy groups -OCH3 is 1. The second-order valence-electron chi connectivity index (χ2n) is 5.91. The molecule has 6 nitrogen and oxygen atoms in total. The van der Waals surface area contributed by atoms with Gasteiger partial charge in [0, 0.05) is 25.8 Å². The number of benzene rings is 1. The van der Waals surface area contributed by atoms with Gasteiger partial charge < -0.3 is 4.74 Å². The van der Waals surface area contributed by atoms with E-state index in [9.17, 15) is 8.42 Å². The van der Waals surface area contributed by atoms with Gasteiger partial charge in [-0.3, -0.25) is 9.58 Å². The molecule has 0 bridgehead atoms. The number of likely N-dealkylation sites (tertiary alicyclic amines) is 1. The van der Waals surface area contributed by atoms with Gasteiger partial charge in [-0.25, -0.2) is 8.42 Å². The second kappa shape index (κ2) is 6.33. The molecular weight excluding hydrogens is 314 g/mol.